The van der Waals surface area contributed by atoms with Gasteiger partial charge in [0.05, 0.1) is 10.9 Å². The van der Waals surface area contributed by atoms with Gasteiger partial charge in [-0.3, -0.25) is 4.79 Å². The smallest absolute Gasteiger partial charge is 0.267 e. The summed E-state index contributed by atoms with van der Waals surface area (Å²) >= 11 is 5.90. The third kappa shape index (κ3) is 3.18. The summed E-state index contributed by atoms with van der Waals surface area (Å²) in [6.07, 6.45) is 0. The van der Waals surface area contributed by atoms with E-state index in [2.05, 4.69) is 10.1 Å². The average molecular weight is 394 g/mol. The van der Waals surface area contributed by atoms with E-state index in [1.165, 1.54) is 6.07 Å². The first-order valence-corrected chi connectivity index (χ1v) is 8.68. The molecule has 1 atom stereocenters. The molecule has 136 valence electrons. The minimum absolute atomic E-state index is 0.0327. The van der Waals surface area contributed by atoms with Gasteiger partial charge in [-0.05, 0) is 35.9 Å². The van der Waals surface area contributed by atoms with Crippen molar-refractivity contribution < 1.29 is 8.78 Å². The predicted molar refractivity (Wildman–Crippen MR) is 104 cm³/mol. The predicted octanol–water partition coefficient (Wildman–Crippen LogP) is 4.11. The molecule has 8 heteroatoms. The highest BCUT2D eigenvalue weighted by atomic mass is 35.5. The van der Waals surface area contributed by atoms with Gasteiger partial charge in [-0.1, -0.05) is 41.9 Å². The van der Waals surface area contributed by atoms with E-state index in [-0.39, 0.29) is 11.3 Å². The minimum atomic E-state index is -1.03. The molecule has 2 aromatic carbocycles. The zero-order chi connectivity index (χ0) is 19.8. The molecule has 2 heterocycles. The molecule has 0 aliphatic carbocycles. The number of halogens is 3. The molecule has 0 N–H and O–H groups in total. The van der Waals surface area contributed by atoms with Crippen LogP contribution in [0.5, 0.6) is 0 Å². The van der Waals surface area contributed by atoms with Gasteiger partial charge < -0.3 is 0 Å². The molecular formula is C20H11BClF2N3O. The van der Waals surface area contributed by atoms with E-state index in [1.807, 2.05) is 0 Å². The van der Waals surface area contributed by atoms with Crippen molar-refractivity contribution in [3.05, 3.63) is 93.5 Å². The highest BCUT2D eigenvalue weighted by Gasteiger charge is 2.19. The van der Waals surface area contributed by atoms with Crippen molar-refractivity contribution in [2.24, 2.45) is 0 Å². The molecule has 28 heavy (non-hydrogen) atoms. The van der Waals surface area contributed by atoms with Gasteiger partial charge >= 0.3 is 0 Å². The van der Waals surface area contributed by atoms with E-state index < -0.39 is 23.4 Å². The van der Waals surface area contributed by atoms with Gasteiger partial charge in [0, 0.05) is 16.4 Å². The van der Waals surface area contributed by atoms with Crippen molar-refractivity contribution in [2.45, 2.75) is 5.94 Å². The molecular weight excluding hydrogens is 383 g/mol. The standard InChI is InChI=1S/C20H11BClF2N3O/c21-18(11-5-7-12(22)8-6-11)27-20(28)14-4-2-1-3-13(14)17(26-27)15-9-10-16(23)25-19(15)24/h1-10,18H. The highest BCUT2D eigenvalue weighted by Crippen LogP contribution is 2.27. The van der Waals surface area contributed by atoms with Crippen molar-refractivity contribution in [3.8, 4) is 11.3 Å². The fourth-order valence-electron chi connectivity index (χ4n) is 2.98. The number of rotatable bonds is 3. The molecule has 4 rings (SSSR count). The lowest BCUT2D eigenvalue weighted by Gasteiger charge is -2.18. The Kier molecular flexibility index (Phi) is 4.69. The fourth-order valence-corrected chi connectivity index (χ4v) is 3.11. The van der Waals surface area contributed by atoms with Gasteiger partial charge in [0.1, 0.15) is 13.5 Å². The van der Waals surface area contributed by atoms with E-state index >= 15 is 0 Å². The summed E-state index contributed by atoms with van der Waals surface area (Å²) in [7, 11) is 6.26. The highest BCUT2D eigenvalue weighted by molar-refractivity contribution is 6.30. The Labute approximate surface area is 164 Å². The first-order valence-electron chi connectivity index (χ1n) is 8.31. The summed E-state index contributed by atoms with van der Waals surface area (Å²) in [5.41, 5.74) is 0.273. The zero-order valence-electron chi connectivity index (χ0n) is 14.3. The Morgan fingerprint density at radius 2 is 1.64 bits per heavy atom. The van der Waals surface area contributed by atoms with Gasteiger partial charge in [0.15, 0.2) is 0 Å². The van der Waals surface area contributed by atoms with Crippen LogP contribution in [0.25, 0.3) is 22.0 Å². The maximum Gasteiger partial charge on any atom is 0.274 e. The van der Waals surface area contributed by atoms with Gasteiger partial charge in [0.2, 0.25) is 11.9 Å². The number of nitrogens with zero attached hydrogens (tertiary/aromatic N) is 3. The van der Waals surface area contributed by atoms with E-state index in [9.17, 15) is 13.6 Å². The van der Waals surface area contributed by atoms with Crippen LogP contribution in [0.4, 0.5) is 8.78 Å². The van der Waals surface area contributed by atoms with Crippen LogP contribution < -0.4 is 5.56 Å². The van der Waals surface area contributed by atoms with Crippen molar-refractivity contribution in [2.75, 3.05) is 0 Å². The first kappa shape index (κ1) is 18.3. The Balaban J connectivity index is 1.99. The van der Waals surface area contributed by atoms with E-state index in [1.54, 1.807) is 48.5 Å². The third-order valence-electron chi connectivity index (χ3n) is 4.37. The molecule has 0 fully saturated rings. The second kappa shape index (κ2) is 7.17. The monoisotopic (exact) mass is 393 g/mol. The van der Waals surface area contributed by atoms with Crippen LogP contribution in [0.3, 0.4) is 0 Å². The van der Waals surface area contributed by atoms with Crippen LogP contribution in [0.1, 0.15) is 11.5 Å². The summed E-state index contributed by atoms with van der Waals surface area (Å²) in [5.74, 6) is -2.90. The zero-order valence-corrected chi connectivity index (χ0v) is 15.1. The summed E-state index contributed by atoms with van der Waals surface area (Å²) in [6.45, 7) is 0. The number of pyridine rings is 1. The number of aromatic nitrogens is 3. The van der Waals surface area contributed by atoms with Gasteiger partial charge in [-0.2, -0.15) is 18.9 Å². The minimum Gasteiger partial charge on any atom is -0.267 e. The molecule has 0 amide bonds. The Bertz CT molecular complexity index is 1240. The van der Waals surface area contributed by atoms with Crippen LogP contribution in [-0.4, -0.2) is 22.6 Å². The van der Waals surface area contributed by atoms with E-state index in [0.717, 1.165) is 10.7 Å². The number of benzene rings is 2. The van der Waals surface area contributed by atoms with Crippen LogP contribution in [0.2, 0.25) is 5.02 Å². The van der Waals surface area contributed by atoms with Gasteiger partial charge in [-0.15, -0.1) is 0 Å². The van der Waals surface area contributed by atoms with E-state index in [0.29, 0.717) is 21.4 Å². The largest absolute Gasteiger partial charge is 0.274 e. The maximum atomic E-state index is 14.3. The molecule has 0 saturated heterocycles. The normalized spacial score (nSPS) is 12.2. The SMILES string of the molecule is [B]C(c1ccc(Cl)cc1)n1nc(-c2ccc(F)nc2F)c2ccccc2c1=O. The molecule has 0 bridgehead atoms. The lowest BCUT2D eigenvalue weighted by atomic mass is 9.89. The van der Waals surface area contributed by atoms with Crippen molar-refractivity contribution in [3.63, 3.8) is 0 Å². The summed E-state index contributed by atoms with van der Waals surface area (Å²) < 4.78 is 28.7. The molecule has 0 spiro atoms. The molecule has 1 unspecified atom stereocenters. The van der Waals surface area contributed by atoms with Gasteiger partial charge in [-0.25, -0.2) is 4.68 Å². The topological polar surface area (TPSA) is 47.8 Å². The van der Waals surface area contributed by atoms with Gasteiger partial charge in [0.25, 0.3) is 5.56 Å². The van der Waals surface area contributed by atoms with Crippen LogP contribution in [0, 0.1) is 11.9 Å². The summed E-state index contributed by atoms with van der Waals surface area (Å²) in [6, 6.07) is 15.5. The van der Waals surface area contributed by atoms with Crippen molar-refractivity contribution >= 4 is 30.2 Å². The Morgan fingerprint density at radius 3 is 2.32 bits per heavy atom. The molecule has 0 aliphatic heterocycles. The molecule has 2 aromatic heterocycles. The lowest BCUT2D eigenvalue weighted by molar-refractivity contribution is 0.514. The van der Waals surface area contributed by atoms with Crippen LogP contribution in [0.15, 0.2) is 65.5 Å². The lowest BCUT2D eigenvalue weighted by Crippen LogP contribution is -2.29. The molecule has 0 aliphatic rings. The van der Waals surface area contributed by atoms with Crippen molar-refractivity contribution in [1.29, 1.82) is 0 Å². The second-order valence-electron chi connectivity index (χ2n) is 6.11. The maximum absolute atomic E-state index is 14.3. The van der Waals surface area contributed by atoms with Crippen LogP contribution in [-0.2, 0) is 0 Å². The molecule has 0 saturated carbocycles. The fraction of sp³-hybridized carbons (Fsp3) is 0.0500. The van der Waals surface area contributed by atoms with Crippen molar-refractivity contribution in [1.82, 2.24) is 14.8 Å². The average Bonchev–Trinajstić information content (AvgIpc) is 2.69. The van der Waals surface area contributed by atoms with Crippen LogP contribution >= 0.6 is 11.6 Å². The second-order valence-corrected chi connectivity index (χ2v) is 6.55. The number of hydrogen-bond donors (Lipinski definition) is 0. The molecule has 2 radical (unpaired) electrons. The number of hydrogen-bond acceptors (Lipinski definition) is 3. The summed E-state index contributed by atoms with van der Waals surface area (Å²) in [5, 5.41) is 5.55. The summed E-state index contributed by atoms with van der Waals surface area (Å²) in [4.78, 5) is 16.2. The molecule has 4 aromatic rings. The third-order valence-corrected chi connectivity index (χ3v) is 4.63. The quantitative estimate of drug-likeness (QED) is 0.389. The molecule has 4 nitrogen and oxygen atoms in total. The first-order chi connectivity index (χ1) is 13.5. The number of fused-ring (bicyclic) bond motifs is 1. The van der Waals surface area contributed by atoms with E-state index in [4.69, 9.17) is 19.4 Å². The Morgan fingerprint density at radius 1 is 0.964 bits per heavy atom. The Hall–Kier alpha value is -3.06.